The second-order valence-corrected chi connectivity index (χ2v) is 8.68. The van der Waals surface area contributed by atoms with Gasteiger partial charge < -0.3 is 5.73 Å². The number of imidazole rings is 1. The number of sulfonamides is 1. The van der Waals surface area contributed by atoms with E-state index in [1.54, 1.807) is 12.1 Å². The number of aromatic nitrogens is 4. The number of allylic oxidation sites excluding steroid dienone is 1. The summed E-state index contributed by atoms with van der Waals surface area (Å²) in [4.78, 5) is 21.1. The van der Waals surface area contributed by atoms with Crippen molar-refractivity contribution in [1.29, 1.82) is 0 Å². The number of aryl methyl sites for hydroxylation is 1. The zero-order valence-electron chi connectivity index (χ0n) is 16.6. The molecule has 0 aliphatic heterocycles. The second kappa shape index (κ2) is 9.04. The van der Waals surface area contributed by atoms with Gasteiger partial charge in [0, 0.05) is 33.3 Å². The first-order chi connectivity index (χ1) is 13.7. The fourth-order valence-corrected chi connectivity index (χ4v) is 3.90. The van der Waals surface area contributed by atoms with Crippen molar-refractivity contribution in [2.75, 3.05) is 20.6 Å². The van der Waals surface area contributed by atoms with Crippen LogP contribution < -0.4 is 11.4 Å². The lowest BCUT2D eigenvalue weighted by atomic mass is 10.1. The number of nitrogens with two attached hydrogens (primary N) is 1. The number of hydrogen-bond donors (Lipinski definition) is 1. The zero-order valence-corrected chi connectivity index (χ0v) is 18.2. The maximum absolute atomic E-state index is 14.0. The minimum atomic E-state index is -3.65. The Kier molecular flexibility index (Phi) is 7.14. The van der Waals surface area contributed by atoms with Crippen molar-refractivity contribution < 1.29 is 12.8 Å². The van der Waals surface area contributed by atoms with Crippen LogP contribution in [0.1, 0.15) is 0 Å². The molecule has 0 saturated heterocycles. The van der Waals surface area contributed by atoms with Gasteiger partial charge in [-0.2, -0.15) is 0 Å². The van der Waals surface area contributed by atoms with Gasteiger partial charge in [-0.05, 0) is 18.2 Å². The molecule has 0 fully saturated rings. The Balaban J connectivity index is 0.00000320. The first kappa shape index (κ1) is 23.7. The molecule has 0 unspecified atom stereocenters. The smallest absolute Gasteiger partial charge is 0.327 e. The van der Waals surface area contributed by atoms with Crippen molar-refractivity contribution >= 4 is 33.6 Å². The van der Waals surface area contributed by atoms with Gasteiger partial charge >= 0.3 is 5.69 Å². The van der Waals surface area contributed by atoms with Crippen LogP contribution in [0.15, 0.2) is 52.2 Å². The fourth-order valence-electron chi connectivity index (χ4n) is 2.96. The summed E-state index contributed by atoms with van der Waals surface area (Å²) in [6, 6.07) is 6.24. The lowest BCUT2D eigenvalue weighted by Gasteiger charge is -2.12. The van der Waals surface area contributed by atoms with Crippen LogP contribution in [0.4, 0.5) is 4.39 Å². The third-order valence-corrected chi connectivity index (χ3v) is 6.26. The summed E-state index contributed by atoms with van der Waals surface area (Å²) in [5, 5.41) is 0. The standard InChI is InChI=1S/C18H21FN6O3S.ClH/c1-23(2)29(27,28)14-6-4-5-12(9-14)15-16-17(22-11-21-15)25(18(26)24(16)3)10-13(19)7-8-20;/h4-7,9,11H,8,10,20H2,1-3H3;1H/b13-7-;. The summed E-state index contributed by atoms with van der Waals surface area (Å²) in [6.45, 7) is -0.294. The van der Waals surface area contributed by atoms with Crippen LogP contribution in [0.5, 0.6) is 0 Å². The van der Waals surface area contributed by atoms with Gasteiger partial charge in [0.2, 0.25) is 10.0 Å². The summed E-state index contributed by atoms with van der Waals surface area (Å²) in [6.07, 6.45) is 2.44. The third-order valence-electron chi connectivity index (χ3n) is 4.45. The van der Waals surface area contributed by atoms with Crippen molar-refractivity contribution in [2.45, 2.75) is 11.4 Å². The molecule has 0 spiro atoms. The van der Waals surface area contributed by atoms with Gasteiger partial charge in [0.15, 0.2) is 5.65 Å². The largest absolute Gasteiger partial charge is 0.330 e. The van der Waals surface area contributed by atoms with Crippen LogP contribution in [0.25, 0.3) is 22.4 Å². The van der Waals surface area contributed by atoms with Crippen molar-refractivity contribution in [3.8, 4) is 11.3 Å². The summed E-state index contributed by atoms with van der Waals surface area (Å²) in [7, 11) is 0.763. The zero-order chi connectivity index (χ0) is 21.3. The molecule has 12 heteroatoms. The van der Waals surface area contributed by atoms with Crippen molar-refractivity contribution in [2.24, 2.45) is 12.8 Å². The number of fused-ring (bicyclic) bond motifs is 1. The Morgan fingerprint density at radius 2 is 2.00 bits per heavy atom. The molecule has 0 aliphatic rings. The topological polar surface area (TPSA) is 116 Å². The van der Waals surface area contributed by atoms with E-state index < -0.39 is 21.5 Å². The molecule has 3 rings (SSSR count). The number of halogens is 2. The van der Waals surface area contributed by atoms with E-state index in [4.69, 9.17) is 5.73 Å². The highest BCUT2D eigenvalue weighted by atomic mass is 35.5. The van der Waals surface area contributed by atoms with E-state index in [1.165, 1.54) is 54.8 Å². The van der Waals surface area contributed by atoms with Crippen LogP contribution in [-0.2, 0) is 23.6 Å². The van der Waals surface area contributed by atoms with Crippen molar-refractivity contribution in [3.63, 3.8) is 0 Å². The average molecular weight is 457 g/mol. The highest BCUT2D eigenvalue weighted by molar-refractivity contribution is 7.89. The van der Waals surface area contributed by atoms with Gasteiger partial charge in [0.25, 0.3) is 0 Å². The molecule has 1 aromatic carbocycles. The third kappa shape index (κ3) is 4.15. The second-order valence-electron chi connectivity index (χ2n) is 6.52. The van der Waals surface area contributed by atoms with E-state index in [1.807, 2.05) is 0 Å². The highest BCUT2D eigenvalue weighted by Gasteiger charge is 2.21. The molecule has 0 bridgehead atoms. The van der Waals surface area contributed by atoms with Crippen molar-refractivity contribution in [1.82, 2.24) is 23.4 Å². The highest BCUT2D eigenvalue weighted by Crippen LogP contribution is 2.27. The number of hydrogen-bond acceptors (Lipinski definition) is 6. The average Bonchev–Trinajstić information content (AvgIpc) is 2.93. The summed E-state index contributed by atoms with van der Waals surface area (Å²) < 4.78 is 42.5. The number of benzene rings is 1. The van der Waals surface area contributed by atoms with Crippen LogP contribution in [0.3, 0.4) is 0 Å². The maximum atomic E-state index is 14.0. The molecule has 0 amide bonds. The predicted molar refractivity (Wildman–Crippen MR) is 115 cm³/mol. The SMILES string of the molecule is CN(C)S(=O)(=O)c1cccc(-c2ncnc3c2n(C)c(=O)n3C/C(F)=C/CN)c1.Cl. The minimum Gasteiger partial charge on any atom is -0.327 e. The molecule has 3 aromatic rings. The number of nitrogens with zero attached hydrogens (tertiary/aromatic N) is 5. The Bertz CT molecular complexity index is 1270. The Labute approximate surface area is 179 Å². The molecule has 0 radical (unpaired) electrons. The van der Waals surface area contributed by atoms with Gasteiger partial charge in [0.05, 0.1) is 17.1 Å². The van der Waals surface area contributed by atoms with Gasteiger partial charge in [-0.3, -0.25) is 9.13 Å². The molecule has 0 aliphatic carbocycles. The van der Waals surface area contributed by atoms with Crippen LogP contribution in [0.2, 0.25) is 0 Å². The van der Waals surface area contributed by atoms with Crippen LogP contribution >= 0.6 is 12.4 Å². The van der Waals surface area contributed by atoms with Crippen molar-refractivity contribution in [3.05, 3.63) is 53.0 Å². The molecule has 2 N–H and O–H groups in total. The normalized spacial score (nSPS) is 12.4. The summed E-state index contributed by atoms with van der Waals surface area (Å²) in [5.74, 6) is -0.554. The monoisotopic (exact) mass is 456 g/mol. The lowest BCUT2D eigenvalue weighted by Crippen LogP contribution is -2.23. The number of rotatable bonds is 6. The van der Waals surface area contributed by atoms with Gasteiger partial charge in [-0.25, -0.2) is 31.9 Å². The molecule has 2 aromatic heterocycles. The lowest BCUT2D eigenvalue weighted by molar-refractivity contribution is 0.521. The van der Waals surface area contributed by atoms with Gasteiger partial charge in [-0.1, -0.05) is 12.1 Å². The predicted octanol–water partition coefficient (Wildman–Crippen LogP) is 1.28. The molecule has 2 heterocycles. The van der Waals surface area contributed by atoms with Crippen LogP contribution in [-0.4, -0.2) is 52.5 Å². The Morgan fingerprint density at radius 1 is 1.30 bits per heavy atom. The van der Waals surface area contributed by atoms with E-state index in [-0.39, 0.29) is 36.0 Å². The quantitative estimate of drug-likeness (QED) is 0.597. The van der Waals surface area contributed by atoms with Crippen LogP contribution in [0, 0.1) is 0 Å². The molecule has 0 atom stereocenters. The molecule has 0 saturated carbocycles. The molecular weight excluding hydrogens is 435 g/mol. The first-order valence-corrected chi connectivity index (χ1v) is 10.1. The maximum Gasteiger partial charge on any atom is 0.330 e. The van der Waals surface area contributed by atoms with Gasteiger partial charge in [0.1, 0.15) is 17.7 Å². The fraction of sp³-hybridized carbons (Fsp3) is 0.278. The van der Waals surface area contributed by atoms with E-state index >= 15 is 0 Å². The molecule has 162 valence electrons. The molecule has 9 nitrogen and oxygen atoms in total. The van der Waals surface area contributed by atoms with E-state index in [2.05, 4.69) is 9.97 Å². The van der Waals surface area contributed by atoms with E-state index in [9.17, 15) is 17.6 Å². The minimum absolute atomic E-state index is 0. The van der Waals surface area contributed by atoms with Gasteiger partial charge in [-0.15, -0.1) is 12.4 Å². The summed E-state index contributed by atoms with van der Waals surface area (Å²) >= 11 is 0. The molecular formula is C18H22ClFN6O3S. The summed E-state index contributed by atoms with van der Waals surface area (Å²) in [5.41, 5.74) is 6.32. The van der Waals surface area contributed by atoms with E-state index in [0.717, 1.165) is 4.31 Å². The Hall–Kier alpha value is -2.60. The Morgan fingerprint density at radius 3 is 2.63 bits per heavy atom. The first-order valence-electron chi connectivity index (χ1n) is 8.66. The molecule has 30 heavy (non-hydrogen) atoms. The van der Waals surface area contributed by atoms with E-state index in [0.29, 0.717) is 16.8 Å².